The number of methoxy groups -OCH3 is 1. The summed E-state index contributed by atoms with van der Waals surface area (Å²) in [5.41, 5.74) is 2.11. The van der Waals surface area contributed by atoms with Crippen LogP contribution < -0.4 is 9.64 Å². The van der Waals surface area contributed by atoms with Crippen LogP contribution in [0.4, 0.5) is 5.69 Å². The van der Waals surface area contributed by atoms with E-state index >= 15 is 0 Å². The molecule has 1 aliphatic heterocycles. The number of alkyl halides is 1. The Hall–Kier alpha value is -1.22. The van der Waals surface area contributed by atoms with Gasteiger partial charge in [-0.1, -0.05) is 0 Å². The molecular weight excluding hydrogens is 214 g/mol. The third kappa shape index (κ3) is 1.79. The summed E-state index contributed by atoms with van der Waals surface area (Å²) in [5.74, 6) is 0.820. The average molecular weight is 226 g/mol. The van der Waals surface area contributed by atoms with Crippen LogP contribution >= 0.6 is 11.6 Å². The number of hydrogen-bond donors (Lipinski definition) is 0. The van der Waals surface area contributed by atoms with Crippen molar-refractivity contribution in [2.24, 2.45) is 0 Å². The van der Waals surface area contributed by atoms with E-state index in [-0.39, 0.29) is 11.8 Å². The second kappa shape index (κ2) is 4.11. The number of carbonyl (C=O) groups is 1. The second-order valence-electron chi connectivity index (χ2n) is 3.42. The molecule has 0 saturated carbocycles. The number of benzene rings is 1. The zero-order valence-electron chi connectivity index (χ0n) is 8.50. The molecule has 1 amide bonds. The molecule has 2 rings (SSSR count). The van der Waals surface area contributed by atoms with Crippen LogP contribution in [0, 0.1) is 0 Å². The number of halogens is 1. The minimum atomic E-state index is -0.0411. The molecule has 15 heavy (non-hydrogen) atoms. The average Bonchev–Trinajstić information content (AvgIpc) is 2.70. The summed E-state index contributed by atoms with van der Waals surface area (Å²) in [4.78, 5) is 13.2. The molecule has 3 nitrogen and oxygen atoms in total. The van der Waals surface area contributed by atoms with E-state index in [1.54, 1.807) is 12.0 Å². The van der Waals surface area contributed by atoms with Gasteiger partial charge in [0.2, 0.25) is 5.91 Å². The number of rotatable bonds is 2. The van der Waals surface area contributed by atoms with E-state index in [0.29, 0.717) is 6.54 Å². The first-order valence-electron chi connectivity index (χ1n) is 4.79. The van der Waals surface area contributed by atoms with Crippen LogP contribution in [0.3, 0.4) is 0 Å². The monoisotopic (exact) mass is 225 g/mol. The molecule has 0 spiro atoms. The smallest absolute Gasteiger partial charge is 0.241 e. The number of fused-ring (bicyclic) bond motifs is 1. The van der Waals surface area contributed by atoms with Gasteiger partial charge in [-0.2, -0.15) is 0 Å². The van der Waals surface area contributed by atoms with Crippen molar-refractivity contribution in [3.8, 4) is 5.75 Å². The maximum absolute atomic E-state index is 11.5. The van der Waals surface area contributed by atoms with Gasteiger partial charge >= 0.3 is 0 Å². The Bertz CT molecular complexity index is 392. The predicted molar refractivity (Wildman–Crippen MR) is 59.8 cm³/mol. The second-order valence-corrected chi connectivity index (χ2v) is 3.69. The van der Waals surface area contributed by atoms with Crippen LogP contribution in [0.2, 0.25) is 0 Å². The number of nitrogens with zero attached hydrogens (tertiary/aromatic N) is 1. The Kier molecular flexibility index (Phi) is 2.82. The highest BCUT2D eigenvalue weighted by atomic mass is 35.5. The van der Waals surface area contributed by atoms with Gasteiger partial charge in [0, 0.05) is 12.2 Å². The van der Waals surface area contributed by atoms with Crippen molar-refractivity contribution in [3.05, 3.63) is 23.8 Å². The van der Waals surface area contributed by atoms with Crippen LogP contribution in [-0.2, 0) is 11.2 Å². The Labute approximate surface area is 93.6 Å². The van der Waals surface area contributed by atoms with Crippen molar-refractivity contribution in [2.45, 2.75) is 6.42 Å². The van der Waals surface area contributed by atoms with Gasteiger partial charge in [0.25, 0.3) is 0 Å². The standard InChI is InChI=1S/C11H12ClNO2/c1-15-9-2-3-10-8(6-9)4-5-13(10)11(14)7-12/h2-3,6H,4-5,7H2,1H3. The highest BCUT2D eigenvalue weighted by molar-refractivity contribution is 6.29. The molecule has 1 aromatic rings. The molecule has 0 bridgehead atoms. The third-order valence-corrected chi connectivity index (χ3v) is 2.83. The van der Waals surface area contributed by atoms with Crippen LogP contribution in [0.15, 0.2) is 18.2 Å². The fourth-order valence-corrected chi connectivity index (χ4v) is 1.98. The van der Waals surface area contributed by atoms with E-state index in [0.717, 1.165) is 23.4 Å². The summed E-state index contributed by atoms with van der Waals surface area (Å²) >= 11 is 5.54. The molecule has 0 N–H and O–H groups in total. The first-order valence-corrected chi connectivity index (χ1v) is 5.33. The molecule has 4 heteroatoms. The van der Waals surface area contributed by atoms with Gasteiger partial charge in [0.05, 0.1) is 7.11 Å². The Morgan fingerprint density at radius 1 is 1.60 bits per heavy atom. The van der Waals surface area contributed by atoms with E-state index in [1.165, 1.54) is 0 Å². The van der Waals surface area contributed by atoms with Gasteiger partial charge in [-0.15, -0.1) is 11.6 Å². The number of amides is 1. The highest BCUT2D eigenvalue weighted by Crippen LogP contribution is 2.31. The largest absolute Gasteiger partial charge is 0.497 e. The zero-order valence-corrected chi connectivity index (χ0v) is 9.25. The molecule has 0 unspecified atom stereocenters. The van der Waals surface area contributed by atoms with Crippen molar-refractivity contribution in [2.75, 3.05) is 24.4 Å². The molecule has 80 valence electrons. The first-order chi connectivity index (χ1) is 7.26. The van der Waals surface area contributed by atoms with Crippen molar-refractivity contribution in [3.63, 3.8) is 0 Å². The number of anilines is 1. The number of hydrogen-bond acceptors (Lipinski definition) is 2. The van der Waals surface area contributed by atoms with Crippen molar-refractivity contribution in [1.29, 1.82) is 0 Å². The summed E-state index contributed by atoms with van der Waals surface area (Å²) in [7, 11) is 1.64. The SMILES string of the molecule is COc1ccc2c(c1)CCN2C(=O)CCl. The lowest BCUT2D eigenvalue weighted by molar-refractivity contribution is -0.116. The topological polar surface area (TPSA) is 29.5 Å². The van der Waals surface area contributed by atoms with Crippen molar-refractivity contribution < 1.29 is 9.53 Å². The lowest BCUT2D eigenvalue weighted by Gasteiger charge is -2.15. The van der Waals surface area contributed by atoms with Crippen molar-refractivity contribution in [1.82, 2.24) is 0 Å². The van der Waals surface area contributed by atoms with Gasteiger partial charge in [-0.3, -0.25) is 4.79 Å². The van der Waals surface area contributed by atoms with Crippen LogP contribution in [-0.4, -0.2) is 25.4 Å². The number of carbonyl (C=O) groups excluding carboxylic acids is 1. The first kappa shape index (κ1) is 10.3. The fraction of sp³-hybridized carbons (Fsp3) is 0.364. The molecule has 0 aromatic heterocycles. The predicted octanol–water partition coefficient (Wildman–Crippen LogP) is 1.82. The Balaban J connectivity index is 2.32. The maximum atomic E-state index is 11.5. The summed E-state index contributed by atoms with van der Waals surface area (Å²) in [6, 6.07) is 5.74. The molecular formula is C11H12ClNO2. The molecule has 1 aliphatic rings. The van der Waals surface area contributed by atoms with E-state index in [4.69, 9.17) is 16.3 Å². The van der Waals surface area contributed by atoms with Gasteiger partial charge in [-0.25, -0.2) is 0 Å². The van der Waals surface area contributed by atoms with Gasteiger partial charge in [0.1, 0.15) is 11.6 Å². The van der Waals surface area contributed by atoms with Crippen molar-refractivity contribution >= 4 is 23.2 Å². The highest BCUT2D eigenvalue weighted by Gasteiger charge is 2.23. The van der Waals surface area contributed by atoms with Crippen LogP contribution in [0.5, 0.6) is 5.75 Å². The minimum Gasteiger partial charge on any atom is -0.497 e. The Morgan fingerprint density at radius 2 is 2.40 bits per heavy atom. The third-order valence-electron chi connectivity index (χ3n) is 2.60. The molecule has 1 aromatic carbocycles. The van der Waals surface area contributed by atoms with E-state index in [9.17, 15) is 4.79 Å². The summed E-state index contributed by atoms with van der Waals surface area (Å²) in [6.45, 7) is 0.716. The zero-order chi connectivity index (χ0) is 10.8. The molecule has 0 saturated heterocycles. The quantitative estimate of drug-likeness (QED) is 0.719. The molecule has 1 heterocycles. The minimum absolute atomic E-state index is 0.0332. The van der Waals surface area contributed by atoms with Gasteiger partial charge in [0.15, 0.2) is 0 Å². The normalized spacial score (nSPS) is 13.9. The summed E-state index contributed by atoms with van der Waals surface area (Å²) < 4.78 is 5.13. The van der Waals surface area contributed by atoms with E-state index < -0.39 is 0 Å². The van der Waals surface area contributed by atoms with Crippen LogP contribution in [0.25, 0.3) is 0 Å². The van der Waals surface area contributed by atoms with Gasteiger partial charge < -0.3 is 9.64 Å². The molecule has 0 radical (unpaired) electrons. The van der Waals surface area contributed by atoms with Gasteiger partial charge in [-0.05, 0) is 30.2 Å². The Morgan fingerprint density at radius 3 is 3.07 bits per heavy atom. The lowest BCUT2D eigenvalue weighted by atomic mass is 10.1. The fourth-order valence-electron chi connectivity index (χ4n) is 1.84. The lowest BCUT2D eigenvalue weighted by Crippen LogP contribution is -2.29. The van der Waals surface area contributed by atoms with E-state index in [2.05, 4.69) is 0 Å². The van der Waals surface area contributed by atoms with E-state index in [1.807, 2.05) is 18.2 Å². The number of ether oxygens (including phenoxy) is 1. The summed E-state index contributed by atoms with van der Waals surface area (Å²) in [5, 5.41) is 0. The molecule has 0 aliphatic carbocycles. The maximum Gasteiger partial charge on any atom is 0.241 e. The summed E-state index contributed by atoms with van der Waals surface area (Å²) in [6.07, 6.45) is 0.870. The molecule has 0 fully saturated rings. The van der Waals surface area contributed by atoms with Crippen LogP contribution in [0.1, 0.15) is 5.56 Å². The molecule has 0 atom stereocenters.